The highest BCUT2D eigenvalue weighted by Gasteiger charge is 2.19. The Kier molecular flexibility index (Phi) is 63.0. The lowest BCUT2D eigenvalue weighted by molar-refractivity contribution is -0.167. The first kappa shape index (κ1) is 76.2. The van der Waals surface area contributed by atoms with Crippen LogP contribution in [-0.4, -0.2) is 37.2 Å². The normalized spacial score (nSPS) is 13.5. The minimum absolute atomic E-state index is 0.139. The summed E-state index contributed by atoms with van der Waals surface area (Å²) in [4.78, 5) is 38.3. The van der Waals surface area contributed by atoms with Crippen molar-refractivity contribution >= 4 is 17.9 Å². The number of rotatable bonds is 56. The van der Waals surface area contributed by atoms with Gasteiger partial charge in [-0.05, 0) is 154 Å². The molecule has 82 heavy (non-hydrogen) atoms. The van der Waals surface area contributed by atoms with Gasteiger partial charge in [0.05, 0.1) is 0 Å². The molecule has 0 aromatic carbocycles. The second-order valence-corrected chi connectivity index (χ2v) is 20.5. The Morgan fingerprint density at radius 3 is 0.780 bits per heavy atom. The van der Waals surface area contributed by atoms with Gasteiger partial charge < -0.3 is 14.2 Å². The molecule has 0 amide bonds. The SMILES string of the molecule is CC/C=C\C/C=C\C/C=C\C/C=C\C/C=C\C/C=C\C/C=C\C/C=C\C/C=C\CCCC(=O)OCC(COC(=O)CCC/C=C\C/C=C\C/C=C\C/C=C\C/C=C\CC)OC(=O)CCCCCCCCC/C=C\C/C=C\CCCCCC. The maximum absolute atomic E-state index is 12.9. The molecule has 0 aromatic heterocycles. The van der Waals surface area contributed by atoms with E-state index in [4.69, 9.17) is 14.2 Å². The van der Waals surface area contributed by atoms with Crippen LogP contribution in [0.4, 0.5) is 0 Å². The van der Waals surface area contributed by atoms with Crippen LogP contribution in [0, 0.1) is 0 Å². The van der Waals surface area contributed by atoms with Gasteiger partial charge in [-0.1, -0.05) is 267 Å². The maximum Gasteiger partial charge on any atom is 0.306 e. The Labute approximate surface area is 503 Å². The minimum Gasteiger partial charge on any atom is -0.462 e. The second kappa shape index (κ2) is 67.8. The molecule has 0 aliphatic rings. The average Bonchev–Trinajstić information content (AvgIpc) is 3.47. The van der Waals surface area contributed by atoms with Crippen molar-refractivity contribution in [3.8, 4) is 0 Å². The van der Waals surface area contributed by atoms with E-state index in [1.807, 2.05) is 0 Å². The van der Waals surface area contributed by atoms with Crippen molar-refractivity contribution in [2.45, 2.75) is 252 Å². The summed E-state index contributed by atoms with van der Waals surface area (Å²) in [5, 5.41) is 0. The van der Waals surface area contributed by atoms with Crippen LogP contribution in [0.25, 0.3) is 0 Å². The fourth-order valence-corrected chi connectivity index (χ4v) is 8.04. The molecule has 0 aliphatic heterocycles. The highest BCUT2D eigenvalue weighted by Crippen LogP contribution is 2.13. The number of carbonyl (C=O) groups excluding carboxylic acids is 3. The van der Waals surface area contributed by atoms with Crippen molar-refractivity contribution in [2.24, 2.45) is 0 Å². The maximum atomic E-state index is 12.9. The summed E-state index contributed by atoms with van der Waals surface area (Å²) in [7, 11) is 0. The lowest BCUT2D eigenvalue weighted by atomic mass is 10.1. The second-order valence-electron chi connectivity index (χ2n) is 20.5. The molecule has 0 aromatic rings. The first-order valence-corrected chi connectivity index (χ1v) is 32.4. The number of allylic oxidation sites excluding steroid dienone is 32. The zero-order valence-electron chi connectivity index (χ0n) is 52.2. The van der Waals surface area contributed by atoms with Crippen LogP contribution in [0.3, 0.4) is 0 Å². The van der Waals surface area contributed by atoms with Crippen LogP contribution < -0.4 is 0 Å². The van der Waals surface area contributed by atoms with Gasteiger partial charge in [0.15, 0.2) is 6.10 Å². The van der Waals surface area contributed by atoms with Gasteiger partial charge in [0.2, 0.25) is 0 Å². The Balaban J connectivity index is 4.58. The molecular formula is C76H116O6. The van der Waals surface area contributed by atoms with Gasteiger partial charge in [-0.3, -0.25) is 14.4 Å². The van der Waals surface area contributed by atoms with Gasteiger partial charge >= 0.3 is 17.9 Å². The summed E-state index contributed by atoms with van der Waals surface area (Å²) in [6, 6.07) is 0. The first-order valence-electron chi connectivity index (χ1n) is 32.4. The highest BCUT2D eigenvalue weighted by atomic mass is 16.6. The summed E-state index contributed by atoms with van der Waals surface area (Å²) in [5.74, 6) is -1.07. The topological polar surface area (TPSA) is 78.9 Å². The molecule has 0 rings (SSSR count). The fourth-order valence-electron chi connectivity index (χ4n) is 8.04. The predicted octanol–water partition coefficient (Wildman–Crippen LogP) is 22.6. The van der Waals surface area contributed by atoms with Gasteiger partial charge in [-0.2, -0.15) is 0 Å². The van der Waals surface area contributed by atoms with E-state index in [-0.39, 0.29) is 50.4 Å². The van der Waals surface area contributed by atoms with E-state index in [1.54, 1.807) is 0 Å². The van der Waals surface area contributed by atoms with Crippen molar-refractivity contribution in [3.05, 3.63) is 194 Å². The van der Waals surface area contributed by atoms with Crippen LogP contribution in [-0.2, 0) is 28.6 Å². The van der Waals surface area contributed by atoms with E-state index in [9.17, 15) is 14.4 Å². The van der Waals surface area contributed by atoms with Crippen molar-refractivity contribution in [2.75, 3.05) is 13.2 Å². The van der Waals surface area contributed by atoms with E-state index < -0.39 is 6.10 Å². The fraction of sp³-hybridized carbons (Fsp3) is 0.539. The number of esters is 3. The first-order chi connectivity index (χ1) is 40.5. The molecule has 0 spiro atoms. The summed E-state index contributed by atoms with van der Waals surface area (Å²) < 4.78 is 16.8. The Morgan fingerprint density at radius 2 is 0.488 bits per heavy atom. The molecule has 0 radical (unpaired) electrons. The molecule has 0 bridgehead atoms. The van der Waals surface area contributed by atoms with Crippen molar-refractivity contribution in [1.29, 1.82) is 0 Å². The summed E-state index contributed by atoms with van der Waals surface area (Å²) in [5.41, 5.74) is 0. The smallest absolute Gasteiger partial charge is 0.306 e. The predicted molar refractivity (Wildman–Crippen MR) is 357 cm³/mol. The molecule has 1 unspecified atom stereocenters. The third kappa shape index (κ3) is 65.1. The van der Waals surface area contributed by atoms with Gasteiger partial charge in [0.1, 0.15) is 13.2 Å². The molecular weight excluding hydrogens is 1010 g/mol. The van der Waals surface area contributed by atoms with E-state index in [0.29, 0.717) is 12.8 Å². The lowest BCUT2D eigenvalue weighted by Gasteiger charge is -2.18. The van der Waals surface area contributed by atoms with Gasteiger partial charge in [-0.15, -0.1) is 0 Å². The minimum atomic E-state index is -0.842. The highest BCUT2D eigenvalue weighted by molar-refractivity contribution is 5.71. The molecule has 0 saturated carbocycles. The number of unbranched alkanes of at least 4 members (excludes halogenated alkanes) is 13. The molecule has 0 saturated heterocycles. The molecule has 6 nitrogen and oxygen atoms in total. The molecule has 0 N–H and O–H groups in total. The van der Waals surface area contributed by atoms with Crippen molar-refractivity contribution in [1.82, 2.24) is 0 Å². The summed E-state index contributed by atoms with van der Waals surface area (Å²) >= 11 is 0. The summed E-state index contributed by atoms with van der Waals surface area (Å²) in [6.45, 7) is 6.28. The van der Waals surface area contributed by atoms with Crippen molar-refractivity contribution < 1.29 is 28.6 Å². The molecule has 0 fully saturated rings. The number of hydrogen-bond acceptors (Lipinski definition) is 6. The number of ether oxygens (including phenoxy) is 3. The van der Waals surface area contributed by atoms with Gasteiger partial charge in [0.25, 0.3) is 0 Å². The zero-order valence-corrected chi connectivity index (χ0v) is 52.2. The standard InChI is InChI=1S/C76H116O6/c1-4-7-10-13-16-19-22-25-28-31-33-34-35-36-37-38-39-40-41-42-43-46-48-51-54-57-60-63-66-69-75(78)81-72-73(71-80-74(77)68-65-62-59-56-53-50-47-44-30-27-24-21-18-15-12-9-6-3)82-76(79)70-67-64-61-58-55-52-49-45-32-29-26-23-20-17-14-11-8-5-2/h7,9-10,12,16,18-21,23,25,27-30,32-34,36-37,39-40,42-43,47-48,50-51,56-57,59-60,73H,4-6,8,11,13-15,17,22,24,26,31,35,38,41,44-46,49,52-55,58,61-72H2,1-3H3/b10-7-,12-9-,19-16-,21-18-,23-20-,28-25-,30-27-,32-29-,34-33-,37-36-,40-39-,43-42-,50-47-,51-48-,59-56-,60-57-. The number of hydrogen-bond donors (Lipinski definition) is 0. The monoisotopic (exact) mass is 1120 g/mol. The molecule has 0 heterocycles. The Hall–Kier alpha value is -5.75. The van der Waals surface area contributed by atoms with E-state index in [2.05, 4.69) is 215 Å². The quantitative estimate of drug-likeness (QED) is 0.0261. The molecule has 0 aliphatic carbocycles. The lowest BCUT2D eigenvalue weighted by Crippen LogP contribution is -2.30. The van der Waals surface area contributed by atoms with Gasteiger partial charge in [-0.25, -0.2) is 0 Å². The zero-order chi connectivity index (χ0) is 59.2. The van der Waals surface area contributed by atoms with Crippen LogP contribution in [0.5, 0.6) is 0 Å². The van der Waals surface area contributed by atoms with E-state index in [1.165, 1.54) is 51.4 Å². The largest absolute Gasteiger partial charge is 0.462 e. The third-order valence-corrected chi connectivity index (χ3v) is 12.8. The third-order valence-electron chi connectivity index (χ3n) is 12.8. The Bertz CT molecular complexity index is 1970. The number of carbonyl (C=O) groups is 3. The Morgan fingerprint density at radius 1 is 0.256 bits per heavy atom. The molecule has 6 heteroatoms. The van der Waals surface area contributed by atoms with Crippen LogP contribution in [0.1, 0.15) is 245 Å². The average molecular weight is 1130 g/mol. The van der Waals surface area contributed by atoms with E-state index in [0.717, 1.165) is 141 Å². The van der Waals surface area contributed by atoms with Gasteiger partial charge in [0, 0.05) is 19.3 Å². The van der Waals surface area contributed by atoms with E-state index >= 15 is 0 Å². The summed E-state index contributed by atoms with van der Waals surface area (Å²) in [6.07, 6.45) is 103. The van der Waals surface area contributed by atoms with Crippen LogP contribution in [0.15, 0.2) is 194 Å². The van der Waals surface area contributed by atoms with Crippen LogP contribution in [0.2, 0.25) is 0 Å². The molecule has 456 valence electrons. The van der Waals surface area contributed by atoms with Crippen molar-refractivity contribution in [3.63, 3.8) is 0 Å². The van der Waals surface area contributed by atoms with Crippen LogP contribution >= 0.6 is 0 Å². The molecule has 1 atom stereocenters.